The van der Waals surface area contributed by atoms with Gasteiger partial charge in [-0.05, 0) is 39.7 Å². The number of halogens is 1. The Morgan fingerprint density at radius 1 is 1.43 bits per heavy atom. The Morgan fingerprint density at radius 3 is 2.96 bits per heavy atom. The molecule has 1 saturated heterocycles. The van der Waals surface area contributed by atoms with Crippen LogP contribution in [0.3, 0.4) is 0 Å². The number of ether oxygens (including phenoxy) is 1. The number of carbonyl (C=O) groups excluding carboxylic acids is 1. The fourth-order valence-electron chi connectivity index (χ4n) is 2.81. The van der Waals surface area contributed by atoms with E-state index in [4.69, 9.17) is 16.3 Å². The molecule has 124 valence electrons. The van der Waals surface area contributed by atoms with Crippen molar-refractivity contribution in [2.75, 3.05) is 13.1 Å². The summed E-state index contributed by atoms with van der Waals surface area (Å²) in [6.45, 7) is 6.94. The first-order chi connectivity index (χ1) is 10.8. The van der Waals surface area contributed by atoms with Crippen molar-refractivity contribution >= 4 is 23.3 Å². The highest BCUT2D eigenvalue weighted by Crippen LogP contribution is 2.28. The van der Waals surface area contributed by atoms with E-state index in [0.29, 0.717) is 18.2 Å². The van der Waals surface area contributed by atoms with Gasteiger partial charge in [-0.15, -0.1) is 0 Å². The van der Waals surface area contributed by atoms with Gasteiger partial charge in [-0.1, -0.05) is 11.6 Å². The summed E-state index contributed by atoms with van der Waals surface area (Å²) >= 11 is 6.26. The number of hydrogen-bond acceptors (Lipinski definition) is 4. The Bertz CT molecular complexity index is 722. The van der Waals surface area contributed by atoms with Gasteiger partial charge in [0.25, 0.3) is 0 Å². The SMILES string of the molecule is CC(C)(C)OC(=O)N1CCCC(c2cc(Cl)n3nccc3n2)C1. The lowest BCUT2D eigenvalue weighted by molar-refractivity contribution is 0.0197. The summed E-state index contributed by atoms with van der Waals surface area (Å²) in [5.41, 5.74) is 1.14. The number of piperidine rings is 1. The van der Waals surface area contributed by atoms with Gasteiger partial charge >= 0.3 is 6.09 Å². The Labute approximate surface area is 140 Å². The number of likely N-dealkylation sites (tertiary alicyclic amines) is 1. The van der Waals surface area contributed by atoms with E-state index in [9.17, 15) is 4.79 Å². The van der Waals surface area contributed by atoms with Crippen LogP contribution in [0.25, 0.3) is 5.65 Å². The molecule has 3 heterocycles. The third kappa shape index (κ3) is 3.58. The van der Waals surface area contributed by atoms with Gasteiger partial charge in [0, 0.05) is 25.1 Å². The Balaban J connectivity index is 1.78. The Kier molecular flexibility index (Phi) is 4.19. The van der Waals surface area contributed by atoms with Gasteiger partial charge in [-0.25, -0.2) is 14.3 Å². The summed E-state index contributed by atoms with van der Waals surface area (Å²) in [5.74, 6) is 0.161. The number of nitrogens with zero attached hydrogens (tertiary/aromatic N) is 4. The van der Waals surface area contributed by atoms with Gasteiger partial charge in [0.15, 0.2) is 5.65 Å². The molecule has 23 heavy (non-hydrogen) atoms. The van der Waals surface area contributed by atoms with Crippen LogP contribution in [0.15, 0.2) is 18.3 Å². The second-order valence-corrected chi connectivity index (χ2v) is 7.26. The van der Waals surface area contributed by atoms with E-state index in [1.807, 2.05) is 32.9 Å². The molecule has 2 aromatic rings. The van der Waals surface area contributed by atoms with Crippen LogP contribution in [0.4, 0.5) is 4.79 Å². The number of carbonyl (C=O) groups is 1. The molecule has 1 aliphatic rings. The lowest BCUT2D eigenvalue weighted by Crippen LogP contribution is -2.42. The van der Waals surface area contributed by atoms with Crippen LogP contribution in [-0.2, 0) is 4.74 Å². The molecule has 0 N–H and O–H groups in total. The van der Waals surface area contributed by atoms with Gasteiger partial charge in [-0.2, -0.15) is 5.10 Å². The molecule has 0 spiro atoms. The fraction of sp³-hybridized carbons (Fsp3) is 0.562. The Hall–Kier alpha value is -1.82. The number of hydrogen-bond donors (Lipinski definition) is 0. The van der Waals surface area contributed by atoms with Gasteiger partial charge in [0.2, 0.25) is 0 Å². The topological polar surface area (TPSA) is 59.7 Å². The quantitative estimate of drug-likeness (QED) is 0.748. The number of fused-ring (bicyclic) bond motifs is 1. The highest BCUT2D eigenvalue weighted by Gasteiger charge is 2.29. The molecule has 0 bridgehead atoms. The van der Waals surface area contributed by atoms with E-state index in [1.165, 1.54) is 0 Å². The molecule has 1 atom stereocenters. The zero-order valence-corrected chi connectivity index (χ0v) is 14.4. The predicted molar refractivity (Wildman–Crippen MR) is 87.8 cm³/mol. The minimum atomic E-state index is -0.484. The summed E-state index contributed by atoms with van der Waals surface area (Å²) < 4.78 is 7.07. The van der Waals surface area contributed by atoms with Crippen LogP contribution in [-0.4, -0.2) is 44.3 Å². The highest BCUT2D eigenvalue weighted by atomic mass is 35.5. The van der Waals surface area contributed by atoms with Crippen LogP contribution in [0.5, 0.6) is 0 Å². The van der Waals surface area contributed by atoms with Gasteiger partial charge in [0.05, 0.1) is 11.9 Å². The molecule has 0 aromatic carbocycles. The van der Waals surface area contributed by atoms with E-state index >= 15 is 0 Å². The fourth-order valence-corrected chi connectivity index (χ4v) is 3.06. The minimum absolute atomic E-state index is 0.161. The van der Waals surface area contributed by atoms with E-state index < -0.39 is 5.60 Å². The smallest absolute Gasteiger partial charge is 0.410 e. The van der Waals surface area contributed by atoms with Gasteiger partial charge in [0.1, 0.15) is 10.8 Å². The summed E-state index contributed by atoms with van der Waals surface area (Å²) in [7, 11) is 0. The molecule has 3 rings (SSSR count). The molecule has 0 aliphatic carbocycles. The van der Waals surface area contributed by atoms with E-state index in [2.05, 4.69) is 10.1 Å². The van der Waals surface area contributed by atoms with E-state index in [0.717, 1.165) is 24.2 Å². The summed E-state index contributed by atoms with van der Waals surface area (Å²) in [4.78, 5) is 18.7. The average Bonchev–Trinajstić information content (AvgIpc) is 2.94. The van der Waals surface area contributed by atoms with Crippen molar-refractivity contribution in [1.82, 2.24) is 19.5 Å². The van der Waals surface area contributed by atoms with Gasteiger partial charge < -0.3 is 9.64 Å². The standard InChI is InChI=1S/C16H21ClN4O2/c1-16(2,3)23-15(22)20-8-4-5-11(10-20)12-9-13(17)21-14(19-12)6-7-18-21/h6-7,9,11H,4-5,8,10H2,1-3H3. The molecule has 1 aliphatic heterocycles. The maximum atomic E-state index is 12.3. The normalized spacial score (nSPS) is 19.1. The second-order valence-electron chi connectivity index (χ2n) is 6.87. The molecular weight excluding hydrogens is 316 g/mol. The first-order valence-electron chi connectivity index (χ1n) is 7.81. The van der Waals surface area contributed by atoms with Crippen LogP contribution >= 0.6 is 11.6 Å². The van der Waals surface area contributed by atoms with Crippen molar-refractivity contribution in [3.05, 3.63) is 29.2 Å². The van der Waals surface area contributed by atoms with Crippen LogP contribution in [0, 0.1) is 0 Å². The lowest BCUT2D eigenvalue weighted by atomic mass is 9.95. The maximum absolute atomic E-state index is 12.3. The van der Waals surface area contributed by atoms with Crippen LogP contribution in [0.2, 0.25) is 5.15 Å². The first-order valence-corrected chi connectivity index (χ1v) is 8.19. The molecular formula is C16H21ClN4O2. The number of amides is 1. The predicted octanol–water partition coefficient (Wildman–Crippen LogP) is 3.50. The van der Waals surface area contributed by atoms with Crippen LogP contribution < -0.4 is 0 Å². The highest BCUT2D eigenvalue weighted by molar-refractivity contribution is 6.29. The summed E-state index contributed by atoms with van der Waals surface area (Å²) in [6, 6.07) is 3.66. The molecule has 7 heteroatoms. The zero-order chi connectivity index (χ0) is 16.6. The molecule has 1 unspecified atom stereocenters. The van der Waals surface area contributed by atoms with Crippen molar-refractivity contribution in [2.24, 2.45) is 0 Å². The molecule has 6 nitrogen and oxygen atoms in total. The van der Waals surface area contributed by atoms with Crippen molar-refractivity contribution in [2.45, 2.75) is 45.1 Å². The zero-order valence-electron chi connectivity index (χ0n) is 13.6. The molecule has 0 radical (unpaired) electrons. The lowest BCUT2D eigenvalue weighted by Gasteiger charge is -2.34. The third-order valence-corrected chi connectivity index (χ3v) is 4.10. The molecule has 2 aromatic heterocycles. The monoisotopic (exact) mass is 336 g/mol. The number of aromatic nitrogens is 3. The average molecular weight is 337 g/mol. The minimum Gasteiger partial charge on any atom is -0.444 e. The van der Waals surface area contributed by atoms with E-state index in [1.54, 1.807) is 15.6 Å². The van der Waals surface area contributed by atoms with Crippen LogP contribution in [0.1, 0.15) is 45.2 Å². The third-order valence-electron chi connectivity index (χ3n) is 3.83. The first kappa shape index (κ1) is 16.1. The summed E-state index contributed by atoms with van der Waals surface area (Å²) in [5, 5.41) is 4.66. The van der Waals surface area contributed by atoms with E-state index in [-0.39, 0.29) is 12.0 Å². The maximum Gasteiger partial charge on any atom is 0.410 e. The Morgan fingerprint density at radius 2 is 2.22 bits per heavy atom. The molecule has 1 fully saturated rings. The van der Waals surface area contributed by atoms with Gasteiger partial charge in [-0.3, -0.25) is 0 Å². The van der Waals surface area contributed by atoms with Crippen molar-refractivity contribution < 1.29 is 9.53 Å². The second kappa shape index (κ2) is 6.00. The van der Waals surface area contributed by atoms with Crippen molar-refractivity contribution in [3.8, 4) is 0 Å². The molecule has 0 saturated carbocycles. The largest absolute Gasteiger partial charge is 0.444 e. The van der Waals surface area contributed by atoms with Crippen molar-refractivity contribution in [1.29, 1.82) is 0 Å². The number of rotatable bonds is 1. The van der Waals surface area contributed by atoms with Crippen molar-refractivity contribution in [3.63, 3.8) is 0 Å². The molecule has 1 amide bonds. The summed E-state index contributed by atoms with van der Waals surface area (Å²) in [6.07, 6.45) is 3.31.